The molecule has 10 aromatic rings. The van der Waals surface area contributed by atoms with Crippen molar-refractivity contribution in [1.29, 1.82) is 0 Å². The molecule has 0 amide bonds. The first kappa shape index (κ1) is 83.5. The maximum absolute atomic E-state index is 11.8. The average Bonchev–Trinajstić information content (AvgIpc) is 0.777. The molecule has 0 aliphatic carbocycles. The van der Waals surface area contributed by atoms with Crippen molar-refractivity contribution >= 4 is 0 Å². The van der Waals surface area contributed by atoms with E-state index < -0.39 is 85.8 Å². The van der Waals surface area contributed by atoms with Crippen LogP contribution < -0.4 is 0 Å². The number of hydrogen-bond acceptors (Lipinski definition) is 17. The van der Waals surface area contributed by atoms with Crippen LogP contribution in [-0.2, 0) is 142 Å². The molecule has 4 aliphatic heterocycles. The van der Waals surface area contributed by atoms with Crippen LogP contribution in [0.4, 0.5) is 0 Å². The van der Waals surface area contributed by atoms with Crippen LogP contribution in [0.3, 0.4) is 0 Å². The zero-order valence-corrected chi connectivity index (χ0v) is 65.9. The van der Waals surface area contributed by atoms with Crippen molar-refractivity contribution in [3.05, 3.63) is 359 Å². The highest BCUT2D eigenvalue weighted by Crippen LogP contribution is 2.39. The van der Waals surface area contributed by atoms with Crippen molar-refractivity contribution in [2.45, 2.75) is 217 Å². The van der Waals surface area contributed by atoms with Crippen molar-refractivity contribution in [2.75, 3.05) is 13.2 Å². The molecule has 20 atom stereocenters. The third kappa shape index (κ3) is 24.3. The van der Waals surface area contributed by atoms with Crippen molar-refractivity contribution in [3.63, 3.8) is 0 Å². The minimum Gasteiger partial charge on any atom is -0.388 e. The summed E-state index contributed by atoms with van der Waals surface area (Å²) in [5.74, 6) is -0.0242. The van der Waals surface area contributed by atoms with E-state index in [2.05, 4.69) is 81.4 Å². The molecule has 14 rings (SSSR count). The summed E-state index contributed by atoms with van der Waals surface area (Å²) in [6, 6.07) is 101. The minimum atomic E-state index is -1.02. The normalized spacial score (nSPS) is 27.6. The number of benzene rings is 10. The first-order valence-electron chi connectivity index (χ1n) is 40.1. The van der Waals surface area contributed by atoms with Gasteiger partial charge in [-0.1, -0.05) is 310 Å². The molecule has 114 heavy (non-hydrogen) atoms. The topological polar surface area (TPSA) is 168 Å². The molecule has 17 heteroatoms. The van der Waals surface area contributed by atoms with Crippen molar-refractivity contribution in [1.82, 2.24) is 0 Å². The van der Waals surface area contributed by atoms with Crippen molar-refractivity contribution in [2.24, 2.45) is 5.92 Å². The molecule has 10 aromatic carbocycles. The van der Waals surface area contributed by atoms with Gasteiger partial charge in [0.05, 0.1) is 110 Å². The van der Waals surface area contributed by atoms with Crippen molar-refractivity contribution in [3.8, 4) is 0 Å². The van der Waals surface area contributed by atoms with Gasteiger partial charge in [-0.15, -0.1) is 0 Å². The van der Waals surface area contributed by atoms with Gasteiger partial charge in [0.25, 0.3) is 0 Å². The Kier molecular flexibility index (Phi) is 32.2. The number of rotatable bonds is 36. The van der Waals surface area contributed by atoms with Gasteiger partial charge in [0.1, 0.15) is 73.2 Å². The highest BCUT2D eigenvalue weighted by molar-refractivity contribution is 5.22. The molecule has 4 heterocycles. The van der Waals surface area contributed by atoms with Gasteiger partial charge in [-0.05, 0) is 83.3 Å². The molecular formula is C97H110O17. The van der Waals surface area contributed by atoms with Crippen molar-refractivity contribution < 1.29 is 80.9 Å². The quantitative estimate of drug-likeness (QED) is 0.0393. The predicted octanol–water partition coefficient (Wildman–Crippen LogP) is 16.9. The summed E-state index contributed by atoms with van der Waals surface area (Å²) in [5.41, 5.74) is 10.3. The van der Waals surface area contributed by atoms with E-state index >= 15 is 0 Å². The number of hydrogen-bond donors (Lipinski definition) is 1. The Labute approximate surface area is 672 Å². The fourth-order valence-corrected chi connectivity index (χ4v) is 15.0. The van der Waals surface area contributed by atoms with Crippen LogP contribution in [0.5, 0.6) is 0 Å². The Morgan fingerprint density at radius 3 is 0.719 bits per heavy atom. The lowest BCUT2D eigenvalue weighted by Crippen LogP contribution is -2.65. The van der Waals surface area contributed by atoms with E-state index in [4.69, 9.17) is 75.8 Å². The molecule has 8 unspecified atom stereocenters. The number of aliphatic hydroxyl groups excluding tert-OH is 1. The lowest BCUT2D eigenvalue weighted by molar-refractivity contribution is -0.358. The smallest absolute Gasteiger partial charge is 0.187 e. The average molecular weight is 1550 g/mol. The third-order valence-corrected chi connectivity index (χ3v) is 21.3. The standard InChI is InChI=1S/C49H56O8.C48H54O9/c1-35-36(2)55-37(3)45(51-30-39-21-11-5-12-22-39)44(35)57-49-48(54-33-42-27-17-8-18-28-42)47(53-32-41-25-15-7-16-26-41)46(52-31-40-23-13-6-14-24-40)43(56-49)34-50-29-38-19-9-4-10-20-38;1-34-42(49)45(43(35(2)55-34)51-29-37-20-10-4-11-21-37)57-48-47(54-32-40-26-16-7-17-27-40)46(53-31-39-24-14-6-15-25-39)44(52-30-38-22-12-5-13-23-38)41(56-48)33-50-28-36-18-8-3-9-19-36/h4-28,35-37,43-49H,29-34H2,1-3H3;3-27,34-35,41-49H,28-33H2,1-2H3/t35?,36-,37?,43-,44+,45-,46+,47?,48?,49+;34-,35?,41-,42?,43-,44+,45+,46?,47?,48+/m00/s1. The van der Waals surface area contributed by atoms with Gasteiger partial charge in [0.2, 0.25) is 0 Å². The first-order chi connectivity index (χ1) is 56.0. The van der Waals surface area contributed by atoms with Crippen LogP contribution in [0.2, 0.25) is 0 Å². The Hall–Kier alpha value is -8.48. The summed E-state index contributed by atoms with van der Waals surface area (Å²) < 4.78 is 108. The molecular weight excluding hydrogens is 1440 g/mol. The van der Waals surface area contributed by atoms with Crippen LogP contribution in [0.25, 0.3) is 0 Å². The zero-order valence-electron chi connectivity index (χ0n) is 65.9. The zero-order chi connectivity index (χ0) is 78.5. The fraction of sp³-hybridized carbons (Fsp3) is 0.381. The lowest BCUT2D eigenvalue weighted by Gasteiger charge is -2.49. The van der Waals surface area contributed by atoms with Gasteiger partial charge in [-0.25, -0.2) is 0 Å². The summed E-state index contributed by atoms with van der Waals surface area (Å²) in [6.45, 7) is 13.9. The van der Waals surface area contributed by atoms with Gasteiger partial charge in [0.15, 0.2) is 12.6 Å². The summed E-state index contributed by atoms with van der Waals surface area (Å²) in [7, 11) is 0. The van der Waals surface area contributed by atoms with Gasteiger partial charge >= 0.3 is 0 Å². The monoisotopic (exact) mass is 1550 g/mol. The molecule has 4 fully saturated rings. The Morgan fingerprint density at radius 2 is 0.439 bits per heavy atom. The molecule has 600 valence electrons. The largest absolute Gasteiger partial charge is 0.388 e. The van der Waals surface area contributed by atoms with Crippen LogP contribution in [-0.4, -0.2) is 135 Å². The fourth-order valence-electron chi connectivity index (χ4n) is 15.0. The van der Waals surface area contributed by atoms with Gasteiger partial charge in [0, 0.05) is 5.92 Å². The molecule has 1 N–H and O–H groups in total. The maximum Gasteiger partial charge on any atom is 0.187 e. The summed E-state index contributed by atoms with van der Waals surface area (Å²) in [4.78, 5) is 0. The van der Waals surface area contributed by atoms with E-state index in [0.717, 1.165) is 55.6 Å². The van der Waals surface area contributed by atoms with Gasteiger partial charge in [-0.3, -0.25) is 0 Å². The molecule has 0 bridgehead atoms. The highest BCUT2D eigenvalue weighted by atomic mass is 16.8. The molecule has 4 saturated heterocycles. The Balaban J connectivity index is 0.000000199. The molecule has 17 nitrogen and oxygen atoms in total. The van der Waals surface area contributed by atoms with E-state index in [9.17, 15) is 5.11 Å². The van der Waals surface area contributed by atoms with E-state index in [1.54, 1.807) is 0 Å². The number of aliphatic hydroxyl groups is 1. The van der Waals surface area contributed by atoms with Gasteiger partial charge in [-0.2, -0.15) is 0 Å². The molecule has 0 spiro atoms. The second kappa shape index (κ2) is 44.0. The second-order valence-corrected chi connectivity index (χ2v) is 29.8. The second-order valence-electron chi connectivity index (χ2n) is 29.8. The molecule has 0 saturated carbocycles. The van der Waals surface area contributed by atoms with Gasteiger partial charge < -0.3 is 80.9 Å². The van der Waals surface area contributed by atoms with Crippen LogP contribution in [0.15, 0.2) is 303 Å². The SMILES string of the molecule is CC1O[C@@H](C)C(O)[C@@H](O[C@H]2O[C@@H](COCc3ccccc3)[C@@H](OCc3ccccc3)C(OCc3ccccc3)C2OCc2ccccc2)[C@H]1OCc1ccccc1.CC1[C@H](C)OC(C)[C@H](OCc2ccccc2)[C@@H]1O[C@H]1O[C@@H](COCc2ccccc2)[C@@H](OCc2ccccc2)C(OCc2ccccc2)C1OCc1ccccc1. The molecule has 0 aromatic heterocycles. The summed E-state index contributed by atoms with van der Waals surface area (Å²) >= 11 is 0. The van der Waals surface area contributed by atoms with Crippen LogP contribution in [0, 0.1) is 5.92 Å². The van der Waals surface area contributed by atoms with E-state index in [-0.39, 0.29) is 56.3 Å². The van der Waals surface area contributed by atoms with E-state index in [1.807, 2.05) is 257 Å². The summed E-state index contributed by atoms with van der Waals surface area (Å²) in [5, 5.41) is 11.8. The minimum absolute atomic E-state index is 0.0242. The molecule has 0 radical (unpaired) electrons. The Morgan fingerprint density at radius 1 is 0.219 bits per heavy atom. The number of ether oxygens (including phenoxy) is 16. The van der Waals surface area contributed by atoms with E-state index in [1.165, 1.54) is 0 Å². The first-order valence-corrected chi connectivity index (χ1v) is 40.1. The predicted molar refractivity (Wildman–Crippen MR) is 435 cm³/mol. The van der Waals surface area contributed by atoms with Crippen LogP contribution in [0.1, 0.15) is 90.3 Å². The van der Waals surface area contributed by atoms with E-state index in [0.29, 0.717) is 59.5 Å². The molecule has 4 aliphatic rings. The van der Waals surface area contributed by atoms with Crippen LogP contribution >= 0.6 is 0 Å². The summed E-state index contributed by atoms with van der Waals surface area (Å²) in [6.07, 6.45) is -11.5. The highest BCUT2D eigenvalue weighted by Gasteiger charge is 2.55. The Bertz CT molecular complexity index is 3970. The third-order valence-electron chi connectivity index (χ3n) is 21.3. The maximum atomic E-state index is 11.8. The lowest BCUT2D eigenvalue weighted by atomic mass is 9.88.